The van der Waals surface area contributed by atoms with E-state index in [4.69, 9.17) is 5.73 Å². The van der Waals surface area contributed by atoms with E-state index in [1.165, 1.54) is 4.31 Å². The van der Waals surface area contributed by atoms with Gasteiger partial charge in [0.2, 0.25) is 10.0 Å². The molecular formula is C15H25N3O2S. The molecule has 118 valence electrons. The number of hydrogen-bond donors (Lipinski definition) is 1. The molecule has 0 aliphatic carbocycles. The average Bonchev–Trinajstić information content (AvgIpc) is 2.83. The summed E-state index contributed by atoms with van der Waals surface area (Å²) in [6.07, 6.45) is 1.07. The number of sulfonamides is 1. The summed E-state index contributed by atoms with van der Waals surface area (Å²) in [4.78, 5) is 2.25. The first kappa shape index (κ1) is 16.4. The summed E-state index contributed by atoms with van der Waals surface area (Å²) in [5.74, 6) is 0.477. The molecule has 1 saturated heterocycles. The first-order chi connectivity index (χ1) is 9.90. The molecule has 1 aromatic carbocycles. The Balaban J connectivity index is 1.99. The minimum Gasteiger partial charge on any atom is -0.326 e. The van der Waals surface area contributed by atoms with Crippen molar-refractivity contribution in [2.45, 2.75) is 18.7 Å². The molecule has 1 heterocycles. The van der Waals surface area contributed by atoms with Crippen molar-refractivity contribution in [1.82, 2.24) is 9.21 Å². The molecule has 0 amide bonds. The Morgan fingerprint density at radius 1 is 1.38 bits per heavy atom. The number of nitrogens with two attached hydrogens (primary N) is 1. The molecule has 1 fully saturated rings. The first-order valence-electron chi connectivity index (χ1n) is 7.31. The van der Waals surface area contributed by atoms with Gasteiger partial charge >= 0.3 is 0 Å². The van der Waals surface area contributed by atoms with Crippen molar-refractivity contribution in [1.29, 1.82) is 0 Å². The van der Waals surface area contributed by atoms with Crippen LogP contribution in [-0.2, 0) is 22.3 Å². The van der Waals surface area contributed by atoms with Gasteiger partial charge in [0.25, 0.3) is 0 Å². The second-order valence-electron chi connectivity index (χ2n) is 5.98. The summed E-state index contributed by atoms with van der Waals surface area (Å²) >= 11 is 0. The van der Waals surface area contributed by atoms with Crippen LogP contribution in [0.1, 0.15) is 17.5 Å². The minimum atomic E-state index is -3.27. The van der Waals surface area contributed by atoms with Gasteiger partial charge in [0, 0.05) is 26.7 Å². The third-order valence-corrected chi connectivity index (χ3v) is 5.85. The maximum absolute atomic E-state index is 12.4. The zero-order valence-corrected chi connectivity index (χ0v) is 13.6. The van der Waals surface area contributed by atoms with Crippen LogP contribution in [0.3, 0.4) is 0 Å². The molecule has 2 N–H and O–H groups in total. The lowest BCUT2D eigenvalue weighted by molar-refractivity contribution is 0.356. The van der Waals surface area contributed by atoms with Crippen molar-refractivity contribution in [2.24, 2.45) is 11.7 Å². The van der Waals surface area contributed by atoms with E-state index in [9.17, 15) is 8.42 Å². The van der Waals surface area contributed by atoms with Gasteiger partial charge in [-0.15, -0.1) is 0 Å². The van der Waals surface area contributed by atoms with Crippen LogP contribution in [0.2, 0.25) is 0 Å². The second kappa shape index (κ2) is 6.87. The standard InChI is InChI=1S/C15H25N3O2S/c1-17-7-6-15(10-17)11-18(2)21(19,20)12-14-5-3-4-13(8-14)9-16/h3-5,8,15H,6-7,9-12,16H2,1-2H3. The lowest BCUT2D eigenvalue weighted by Gasteiger charge is -2.21. The zero-order chi connectivity index (χ0) is 15.5. The third-order valence-electron chi connectivity index (χ3n) is 4.06. The average molecular weight is 311 g/mol. The first-order valence-corrected chi connectivity index (χ1v) is 8.92. The highest BCUT2D eigenvalue weighted by Crippen LogP contribution is 2.18. The highest BCUT2D eigenvalue weighted by molar-refractivity contribution is 7.88. The van der Waals surface area contributed by atoms with E-state index in [1.54, 1.807) is 7.05 Å². The Labute approximate surface area is 127 Å². The smallest absolute Gasteiger partial charge is 0.218 e. The third kappa shape index (κ3) is 4.51. The quantitative estimate of drug-likeness (QED) is 0.846. The van der Waals surface area contributed by atoms with Gasteiger partial charge in [-0.05, 0) is 37.1 Å². The van der Waals surface area contributed by atoms with Crippen LogP contribution in [0.5, 0.6) is 0 Å². The lowest BCUT2D eigenvalue weighted by Crippen LogP contribution is -2.33. The Morgan fingerprint density at radius 3 is 2.71 bits per heavy atom. The Kier molecular flexibility index (Phi) is 5.37. The van der Waals surface area contributed by atoms with Crippen molar-refractivity contribution < 1.29 is 8.42 Å². The van der Waals surface area contributed by atoms with E-state index in [2.05, 4.69) is 11.9 Å². The largest absolute Gasteiger partial charge is 0.326 e. The molecule has 0 saturated carbocycles. The topological polar surface area (TPSA) is 66.6 Å². The molecule has 5 nitrogen and oxygen atoms in total. The molecule has 1 aliphatic heterocycles. The molecule has 0 aromatic heterocycles. The molecule has 0 bridgehead atoms. The van der Waals surface area contributed by atoms with Crippen molar-refractivity contribution >= 4 is 10.0 Å². The molecule has 1 aromatic rings. The summed E-state index contributed by atoms with van der Waals surface area (Å²) in [6.45, 7) is 3.06. The monoisotopic (exact) mass is 311 g/mol. The molecule has 21 heavy (non-hydrogen) atoms. The molecule has 6 heteroatoms. The highest BCUT2D eigenvalue weighted by atomic mass is 32.2. The fraction of sp³-hybridized carbons (Fsp3) is 0.600. The van der Waals surface area contributed by atoms with Gasteiger partial charge in [-0.2, -0.15) is 0 Å². The molecule has 2 rings (SSSR count). The normalized spacial score (nSPS) is 20.3. The summed E-state index contributed by atoms with van der Waals surface area (Å²) < 4.78 is 26.4. The lowest BCUT2D eigenvalue weighted by atomic mass is 10.1. The van der Waals surface area contributed by atoms with Crippen molar-refractivity contribution in [3.63, 3.8) is 0 Å². The number of benzene rings is 1. The number of likely N-dealkylation sites (tertiary alicyclic amines) is 1. The van der Waals surface area contributed by atoms with Crippen LogP contribution >= 0.6 is 0 Å². The van der Waals surface area contributed by atoms with Crippen LogP contribution in [0.25, 0.3) is 0 Å². The summed E-state index contributed by atoms with van der Waals surface area (Å²) in [5, 5.41) is 0. The van der Waals surface area contributed by atoms with Crippen LogP contribution in [0, 0.1) is 5.92 Å². The molecule has 1 unspecified atom stereocenters. The van der Waals surface area contributed by atoms with E-state index in [1.807, 2.05) is 24.3 Å². The van der Waals surface area contributed by atoms with Gasteiger partial charge in [0.1, 0.15) is 0 Å². The fourth-order valence-corrected chi connectivity index (χ4v) is 4.08. The molecule has 0 spiro atoms. The van der Waals surface area contributed by atoms with Crippen molar-refractivity contribution in [3.8, 4) is 0 Å². The van der Waals surface area contributed by atoms with Crippen LogP contribution in [0.15, 0.2) is 24.3 Å². The van der Waals surface area contributed by atoms with E-state index in [0.29, 0.717) is 19.0 Å². The zero-order valence-electron chi connectivity index (χ0n) is 12.8. The number of nitrogens with zero attached hydrogens (tertiary/aromatic N) is 2. The predicted octanol–water partition coefficient (Wildman–Crippen LogP) is 0.859. The van der Waals surface area contributed by atoms with Crippen molar-refractivity contribution in [3.05, 3.63) is 35.4 Å². The fourth-order valence-electron chi connectivity index (χ4n) is 2.82. The van der Waals surface area contributed by atoms with Gasteiger partial charge in [-0.1, -0.05) is 24.3 Å². The van der Waals surface area contributed by atoms with Gasteiger partial charge in [0.15, 0.2) is 0 Å². The minimum absolute atomic E-state index is 0.0416. The molecule has 1 atom stereocenters. The summed E-state index contributed by atoms with van der Waals surface area (Å²) in [6, 6.07) is 7.48. The van der Waals surface area contributed by atoms with Crippen LogP contribution in [-0.4, -0.2) is 51.4 Å². The van der Waals surface area contributed by atoms with E-state index >= 15 is 0 Å². The SMILES string of the molecule is CN1CCC(CN(C)S(=O)(=O)Cc2cccc(CN)c2)C1. The highest BCUT2D eigenvalue weighted by Gasteiger charge is 2.26. The predicted molar refractivity (Wildman–Crippen MR) is 85.2 cm³/mol. The summed E-state index contributed by atoms with van der Waals surface area (Å²) in [7, 11) is 0.488. The van der Waals surface area contributed by atoms with E-state index in [0.717, 1.165) is 30.6 Å². The molecule has 0 radical (unpaired) electrons. The van der Waals surface area contributed by atoms with Gasteiger partial charge in [0.05, 0.1) is 5.75 Å². The number of rotatable bonds is 6. The summed E-state index contributed by atoms with van der Waals surface area (Å²) in [5.41, 5.74) is 7.36. The van der Waals surface area contributed by atoms with Gasteiger partial charge in [-0.3, -0.25) is 0 Å². The van der Waals surface area contributed by atoms with Gasteiger partial charge in [-0.25, -0.2) is 12.7 Å². The number of hydrogen-bond acceptors (Lipinski definition) is 4. The maximum atomic E-state index is 12.4. The molecule has 1 aliphatic rings. The van der Waals surface area contributed by atoms with E-state index in [-0.39, 0.29) is 5.75 Å². The van der Waals surface area contributed by atoms with Crippen LogP contribution in [0.4, 0.5) is 0 Å². The Morgan fingerprint density at radius 2 is 2.10 bits per heavy atom. The Bertz CT molecular complexity index is 574. The van der Waals surface area contributed by atoms with Gasteiger partial charge < -0.3 is 10.6 Å². The maximum Gasteiger partial charge on any atom is 0.218 e. The second-order valence-corrected chi connectivity index (χ2v) is 8.05. The Hall–Kier alpha value is -0.950. The van der Waals surface area contributed by atoms with E-state index < -0.39 is 10.0 Å². The molecular weight excluding hydrogens is 286 g/mol. The van der Waals surface area contributed by atoms with Crippen molar-refractivity contribution in [2.75, 3.05) is 33.7 Å². The van der Waals surface area contributed by atoms with Crippen LogP contribution < -0.4 is 5.73 Å².